The van der Waals surface area contributed by atoms with Crippen LogP contribution in [0.1, 0.15) is 24.2 Å². The molecule has 1 aliphatic heterocycles. The summed E-state index contributed by atoms with van der Waals surface area (Å²) in [6, 6.07) is 6.95. The van der Waals surface area contributed by atoms with Gasteiger partial charge in [0.15, 0.2) is 0 Å². The number of morpholine rings is 1. The zero-order chi connectivity index (χ0) is 16.7. The van der Waals surface area contributed by atoms with Gasteiger partial charge in [0.25, 0.3) is 5.91 Å². The molecule has 0 atom stereocenters. The lowest BCUT2D eigenvalue weighted by molar-refractivity contribution is -0.135. The number of nitrogens with zero attached hydrogens (tertiary/aromatic N) is 2. The molecule has 1 fully saturated rings. The molecule has 0 saturated carbocycles. The molecule has 1 aliphatic rings. The van der Waals surface area contributed by atoms with Gasteiger partial charge in [0.05, 0.1) is 25.5 Å². The summed E-state index contributed by atoms with van der Waals surface area (Å²) in [6.07, 6.45) is 0. The Labute approximate surface area is 135 Å². The van der Waals surface area contributed by atoms with Crippen LogP contribution in [0.4, 0.5) is 5.69 Å². The van der Waals surface area contributed by atoms with Crippen LogP contribution >= 0.6 is 0 Å². The minimum atomic E-state index is -0.459. The molecule has 0 unspecified atom stereocenters. The molecule has 124 valence electrons. The van der Waals surface area contributed by atoms with Crippen molar-refractivity contribution in [1.29, 1.82) is 0 Å². The van der Waals surface area contributed by atoms with Crippen molar-refractivity contribution in [2.45, 2.75) is 13.8 Å². The van der Waals surface area contributed by atoms with Gasteiger partial charge in [0.2, 0.25) is 0 Å². The van der Waals surface area contributed by atoms with E-state index in [1.54, 1.807) is 43.0 Å². The highest BCUT2D eigenvalue weighted by atomic mass is 16.5. The van der Waals surface area contributed by atoms with Gasteiger partial charge < -0.3 is 14.4 Å². The fourth-order valence-electron chi connectivity index (χ4n) is 2.07. The van der Waals surface area contributed by atoms with Crippen molar-refractivity contribution in [3.05, 3.63) is 29.8 Å². The predicted octanol–water partition coefficient (Wildman–Crippen LogP) is 1.51. The second-order valence-corrected chi connectivity index (χ2v) is 5.01. The molecule has 1 heterocycles. The van der Waals surface area contributed by atoms with Crippen molar-refractivity contribution >= 4 is 23.3 Å². The average molecular weight is 319 g/mol. The van der Waals surface area contributed by atoms with E-state index in [0.717, 1.165) is 0 Å². The molecule has 1 N–H and O–H groups in total. The number of ether oxygens (including phenoxy) is 2. The minimum Gasteiger partial charge on any atom is -0.461 e. The molecule has 23 heavy (non-hydrogen) atoms. The number of hydrogen-bond donors (Lipinski definition) is 1. The van der Waals surface area contributed by atoms with Crippen LogP contribution in [-0.2, 0) is 14.3 Å². The molecular formula is C16H21N3O4. The zero-order valence-corrected chi connectivity index (χ0v) is 13.4. The van der Waals surface area contributed by atoms with Crippen LogP contribution < -0.4 is 5.43 Å². The first-order valence-corrected chi connectivity index (χ1v) is 7.56. The Morgan fingerprint density at radius 3 is 2.52 bits per heavy atom. The molecular weight excluding hydrogens is 298 g/mol. The highest BCUT2D eigenvalue weighted by molar-refractivity contribution is 6.35. The molecule has 0 bridgehead atoms. The number of amides is 1. The quantitative estimate of drug-likeness (QED) is 0.505. The summed E-state index contributed by atoms with van der Waals surface area (Å²) >= 11 is 0. The van der Waals surface area contributed by atoms with Gasteiger partial charge in [-0.25, -0.2) is 4.79 Å². The lowest BCUT2D eigenvalue weighted by atomic mass is 10.2. The molecule has 1 amide bonds. The number of hydrogen-bond acceptors (Lipinski definition) is 6. The molecule has 1 aromatic rings. The molecule has 0 aliphatic carbocycles. The van der Waals surface area contributed by atoms with Crippen molar-refractivity contribution in [1.82, 2.24) is 4.90 Å². The third kappa shape index (κ3) is 4.79. The van der Waals surface area contributed by atoms with Crippen molar-refractivity contribution in [2.75, 3.05) is 38.3 Å². The van der Waals surface area contributed by atoms with Crippen LogP contribution in [0.5, 0.6) is 0 Å². The fourth-order valence-corrected chi connectivity index (χ4v) is 2.07. The van der Waals surface area contributed by atoms with Crippen molar-refractivity contribution in [3.63, 3.8) is 0 Å². The Hall–Kier alpha value is -2.41. The lowest BCUT2D eigenvalue weighted by Crippen LogP contribution is -2.40. The lowest BCUT2D eigenvalue weighted by Gasteiger charge is -2.26. The SMILES string of the molecule is CCOC(=O)/C(C)=N/Nc1ccc(C(=O)N2CCOCC2)cc1. The molecule has 7 heteroatoms. The second-order valence-electron chi connectivity index (χ2n) is 5.01. The molecule has 0 radical (unpaired) electrons. The van der Waals surface area contributed by atoms with E-state index >= 15 is 0 Å². The number of hydrazone groups is 1. The van der Waals surface area contributed by atoms with E-state index in [-0.39, 0.29) is 11.6 Å². The summed E-state index contributed by atoms with van der Waals surface area (Å²) in [5.41, 5.74) is 4.31. The summed E-state index contributed by atoms with van der Waals surface area (Å²) in [6.45, 7) is 6.00. The highest BCUT2D eigenvalue weighted by Gasteiger charge is 2.18. The monoisotopic (exact) mass is 319 g/mol. The van der Waals surface area contributed by atoms with E-state index in [0.29, 0.717) is 44.2 Å². The average Bonchev–Trinajstić information content (AvgIpc) is 2.60. The van der Waals surface area contributed by atoms with Gasteiger partial charge in [-0.1, -0.05) is 0 Å². The van der Waals surface area contributed by atoms with E-state index in [4.69, 9.17) is 9.47 Å². The smallest absolute Gasteiger partial charge is 0.354 e. The van der Waals surface area contributed by atoms with Gasteiger partial charge in [0, 0.05) is 18.7 Å². The molecule has 1 saturated heterocycles. The minimum absolute atomic E-state index is 0.00828. The van der Waals surface area contributed by atoms with Crippen LogP contribution in [0.2, 0.25) is 0 Å². The van der Waals surface area contributed by atoms with Crippen LogP contribution in [0.15, 0.2) is 29.4 Å². The maximum Gasteiger partial charge on any atom is 0.354 e. The molecule has 7 nitrogen and oxygen atoms in total. The third-order valence-corrected chi connectivity index (χ3v) is 3.35. The first kappa shape index (κ1) is 17.0. The Kier molecular flexibility index (Phi) is 6.10. The Bertz CT molecular complexity index is 577. The molecule has 0 spiro atoms. The standard InChI is InChI=1S/C16H21N3O4/c1-3-23-16(21)12(2)17-18-14-6-4-13(5-7-14)15(20)19-8-10-22-11-9-19/h4-7,18H,3,8-11H2,1-2H3/b17-12+. The molecule has 1 aromatic carbocycles. The highest BCUT2D eigenvalue weighted by Crippen LogP contribution is 2.12. The third-order valence-electron chi connectivity index (χ3n) is 3.35. The van der Waals surface area contributed by atoms with Gasteiger partial charge in [-0.05, 0) is 38.1 Å². The Morgan fingerprint density at radius 2 is 1.91 bits per heavy atom. The number of carbonyl (C=O) groups is 2. The van der Waals surface area contributed by atoms with Gasteiger partial charge >= 0.3 is 5.97 Å². The summed E-state index contributed by atoms with van der Waals surface area (Å²) in [4.78, 5) is 25.5. The van der Waals surface area contributed by atoms with Crippen molar-refractivity contribution in [2.24, 2.45) is 5.10 Å². The number of anilines is 1. The van der Waals surface area contributed by atoms with Crippen molar-refractivity contribution < 1.29 is 19.1 Å². The first-order chi connectivity index (χ1) is 11.1. The van der Waals surface area contributed by atoms with Gasteiger partial charge in [-0.3, -0.25) is 10.2 Å². The summed E-state index contributed by atoms with van der Waals surface area (Å²) in [5, 5.41) is 3.96. The summed E-state index contributed by atoms with van der Waals surface area (Å²) in [5.74, 6) is -0.467. The van der Waals surface area contributed by atoms with E-state index in [1.807, 2.05) is 0 Å². The van der Waals surface area contributed by atoms with Crippen LogP contribution in [0, 0.1) is 0 Å². The van der Waals surface area contributed by atoms with Crippen molar-refractivity contribution in [3.8, 4) is 0 Å². The molecule has 0 aromatic heterocycles. The largest absolute Gasteiger partial charge is 0.461 e. The van der Waals surface area contributed by atoms with Crippen LogP contribution in [-0.4, -0.2) is 55.4 Å². The van der Waals surface area contributed by atoms with Crippen LogP contribution in [0.3, 0.4) is 0 Å². The van der Waals surface area contributed by atoms with Gasteiger partial charge in [0.1, 0.15) is 5.71 Å². The molecule has 2 rings (SSSR count). The maximum atomic E-state index is 12.3. The second kappa shape index (κ2) is 8.28. The predicted molar refractivity (Wildman–Crippen MR) is 86.5 cm³/mol. The first-order valence-electron chi connectivity index (χ1n) is 7.56. The number of rotatable bonds is 5. The number of nitrogens with one attached hydrogen (secondary N) is 1. The van der Waals surface area contributed by atoms with E-state index in [1.165, 1.54) is 0 Å². The Balaban J connectivity index is 1.95. The Morgan fingerprint density at radius 1 is 1.26 bits per heavy atom. The summed E-state index contributed by atoms with van der Waals surface area (Å²) < 4.78 is 10.1. The maximum absolute atomic E-state index is 12.3. The van der Waals surface area contributed by atoms with Crippen LogP contribution in [0.25, 0.3) is 0 Å². The zero-order valence-electron chi connectivity index (χ0n) is 13.4. The normalized spacial score (nSPS) is 15.2. The summed E-state index contributed by atoms with van der Waals surface area (Å²) in [7, 11) is 0. The van der Waals surface area contributed by atoms with E-state index < -0.39 is 5.97 Å². The number of benzene rings is 1. The number of carbonyl (C=O) groups excluding carboxylic acids is 2. The van der Waals surface area contributed by atoms with E-state index in [9.17, 15) is 9.59 Å². The van der Waals surface area contributed by atoms with Gasteiger partial charge in [-0.2, -0.15) is 5.10 Å². The fraction of sp³-hybridized carbons (Fsp3) is 0.438. The topological polar surface area (TPSA) is 80.2 Å². The number of esters is 1. The van der Waals surface area contributed by atoms with Gasteiger partial charge in [-0.15, -0.1) is 0 Å². The van der Waals surface area contributed by atoms with E-state index in [2.05, 4.69) is 10.5 Å².